The van der Waals surface area contributed by atoms with Crippen LogP contribution < -0.4 is 10.6 Å². The van der Waals surface area contributed by atoms with Crippen molar-refractivity contribution in [2.75, 3.05) is 25.4 Å². The van der Waals surface area contributed by atoms with Gasteiger partial charge in [0.2, 0.25) is 10.0 Å². The Morgan fingerprint density at radius 3 is 2.34 bits per heavy atom. The molecule has 1 aliphatic heterocycles. The van der Waals surface area contributed by atoms with E-state index in [2.05, 4.69) is 15.6 Å². The maximum absolute atomic E-state index is 14.0. The summed E-state index contributed by atoms with van der Waals surface area (Å²) in [6.45, 7) is 5.12. The summed E-state index contributed by atoms with van der Waals surface area (Å²) < 4.78 is 53.4. The third-order valence-electron chi connectivity index (χ3n) is 5.35. The lowest BCUT2D eigenvalue weighted by atomic mass is 10.1. The largest absolute Gasteiger partial charge is 0.354 e. The van der Waals surface area contributed by atoms with Crippen molar-refractivity contribution in [1.29, 1.82) is 0 Å². The van der Waals surface area contributed by atoms with E-state index in [1.54, 1.807) is 6.92 Å². The summed E-state index contributed by atoms with van der Waals surface area (Å²) in [5.41, 5.74) is 0.133. The van der Waals surface area contributed by atoms with Crippen LogP contribution in [0.1, 0.15) is 44.6 Å². The smallest absolute Gasteiger partial charge is 0.213 e. The molecule has 0 radical (unpaired) electrons. The molecule has 2 aliphatic rings. The molecule has 1 saturated carbocycles. The quantitative estimate of drug-likeness (QED) is 0.330. The van der Waals surface area contributed by atoms with Gasteiger partial charge in [-0.05, 0) is 45.2 Å². The van der Waals surface area contributed by atoms with Crippen LogP contribution in [0.3, 0.4) is 0 Å². The first kappa shape index (κ1) is 24.3. The second-order valence-corrected chi connectivity index (χ2v) is 9.53. The molecule has 2 N–H and O–H groups in total. The van der Waals surface area contributed by atoms with Gasteiger partial charge in [0.15, 0.2) is 5.96 Å². The van der Waals surface area contributed by atoms with Crippen molar-refractivity contribution in [2.24, 2.45) is 4.99 Å². The van der Waals surface area contributed by atoms with Gasteiger partial charge in [0, 0.05) is 43.2 Å². The molecule has 29 heavy (non-hydrogen) atoms. The number of benzene rings is 1. The normalized spacial score (nSPS) is 23.4. The van der Waals surface area contributed by atoms with E-state index >= 15 is 0 Å². The fraction of sp³-hybridized carbons (Fsp3) is 0.632. The number of rotatable bonds is 6. The minimum absolute atomic E-state index is 0. The average molecular weight is 542 g/mol. The van der Waals surface area contributed by atoms with Crippen LogP contribution in [0.15, 0.2) is 23.2 Å². The summed E-state index contributed by atoms with van der Waals surface area (Å²) in [6, 6.07) is 3.99. The van der Waals surface area contributed by atoms with Gasteiger partial charge in [-0.1, -0.05) is 6.07 Å². The topological polar surface area (TPSA) is 73.8 Å². The number of sulfonamides is 1. The Labute approximate surface area is 188 Å². The number of aliphatic imine (C=N–C) groups is 1. The van der Waals surface area contributed by atoms with Crippen molar-refractivity contribution in [3.8, 4) is 0 Å². The molecule has 0 spiro atoms. The van der Waals surface area contributed by atoms with Crippen molar-refractivity contribution in [2.45, 2.75) is 51.1 Å². The molecule has 164 valence electrons. The molecule has 10 heteroatoms. The van der Waals surface area contributed by atoms with Crippen LogP contribution in [-0.4, -0.2) is 56.2 Å². The molecule has 2 fully saturated rings. The van der Waals surface area contributed by atoms with E-state index < -0.39 is 21.7 Å². The van der Waals surface area contributed by atoms with Gasteiger partial charge < -0.3 is 10.6 Å². The Bertz CT molecular complexity index is 809. The summed E-state index contributed by atoms with van der Waals surface area (Å²) >= 11 is 0. The lowest BCUT2D eigenvalue weighted by Crippen LogP contribution is -2.50. The zero-order valence-electron chi connectivity index (χ0n) is 16.7. The Hall–Kier alpha value is -1.01. The van der Waals surface area contributed by atoms with Crippen LogP contribution in [0.25, 0.3) is 0 Å². The second kappa shape index (κ2) is 10.3. The highest BCUT2D eigenvalue weighted by atomic mass is 127. The highest BCUT2D eigenvalue weighted by Crippen LogP contribution is 2.43. The predicted molar refractivity (Wildman–Crippen MR) is 121 cm³/mol. The van der Waals surface area contributed by atoms with Crippen LogP contribution in [0.5, 0.6) is 0 Å². The van der Waals surface area contributed by atoms with Gasteiger partial charge in [-0.2, -0.15) is 0 Å². The molecule has 1 aromatic carbocycles. The summed E-state index contributed by atoms with van der Waals surface area (Å²) in [5, 5.41) is 6.62. The molecule has 6 nitrogen and oxygen atoms in total. The van der Waals surface area contributed by atoms with E-state index in [1.165, 1.54) is 22.5 Å². The number of guanidine groups is 1. The Balaban J connectivity index is 0.00000300. The summed E-state index contributed by atoms with van der Waals surface area (Å²) in [6.07, 6.45) is 2.04. The van der Waals surface area contributed by atoms with Crippen molar-refractivity contribution in [3.05, 3.63) is 35.4 Å². The lowest BCUT2D eigenvalue weighted by molar-refractivity contribution is 0.306. The minimum atomic E-state index is -3.15. The fourth-order valence-electron chi connectivity index (χ4n) is 3.66. The molecular weight excluding hydrogens is 513 g/mol. The van der Waals surface area contributed by atoms with Gasteiger partial charge in [-0.25, -0.2) is 21.5 Å². The molecule has 0 aromatic heterocycles. The van der Waals surface area contributed by atoms with Crippen molar-refractivity contribution in [3.63, 3.8) is 0 Å². The summed E-state index contributed by atoms with van der Waals surface area (Å²) in [7, 11) is -3.15. The van der Waals surface area contributed by atoms with Gasteiger partial charge in [-0.3, -0.25) is 4.99 Å². The van der Waals surface area contributed by atoms with Crippen LogP contribution in [-0.2, 0) is 10.0 Å². The molecule has 2 unspecified atom stereocenters. The Morgan fingerprint density at radius 1 is 1.17 bits per heavy atom. The monoisotopic (exact) mass is 542 g/mol. The number of piperidine rings is 1. The SMILES string of the molecule is CCN=C(NC1CCN(S(=O)(=O)CC)CC1)NC1CC1c1c(F)cccc1F.I. The van der Waals surface area contributed by atoms with Crippen LogP contribution in [0, 0.1) is 11.6 Å². The maximum atomic E-state index is 14.0. The molecule has 0 bridgehead atoms. The third-order valence-corrected chi connectivity index (χ3v) is 7.23. The Kier molecular flexibility index (Phi) is 8.65. The summed E-state index contributed by atoms with van der Waals surface area (Å²) in [4.78, 5) is 4.43. The van der Waals surface area contributed by atoms with Crippen molar-refractivity contribution < 1.29 is 17.2 Å². The highest BCUT2D eigenvalue weighted by Gasteiger charge is 2.42. The molecule has 2 atom stereocenters. The predicted octanol–water partition coefficient (Wildman–Crippen LogP) is 2.81. The Morgan fingerprint density at radius 2 is 1.79 bits per heavy atom. The first-order valence-corrected chi connectivity index (χ1v) is 11.5. The van der Waals surface area contributed by atoms with Crippen LogP contribution in [0.4, 0.5) is 8.78 Å². The molecule has 1 saturated heterocycles. The van der Waals surface area contributed by atoms with Crippen molar-refractivity contribution >= 4 is 40.0 Å². The van der Waals surface area contributed by atoms with Crippen LogP contribution in [0.2, 0.25) is 0 Å². The van der Waals surface area contributed by atoms with Gasteiger partial charge >= 0.3 is 0 Å². The van der Waals surface area contributed by atoms with Gasteiger partial charge in [0.05, 0.1) is 5.75 Å². The van der Waals surface area contributed by atoms with Crippen LogP contribution >= 0.6 is 24.0 Å². The standard InChI is InChI=1S/C19H28F2N4O2S.HI/c1-3-22-19(23-13-8-10-25(11-9-13)28(26,27)4-2)24-17-12-14(17)18-15(20)6-5-7-16(18)21;/h5-7,13-14,17H,3-4,8-12H2,1-2H3,(H2,22,23,24);1H. The number of nitrogens with one attached hydrogen (secondary N) is 2. The zero-order chi connectivity index (χ0) is 20.3. The third kappa shape index (κ3) is 6.00. The van der Waals surface area contributed by atoms with Gasteiger partial charge in [-0.15, -0.1) is 24.0 Å². The van der Waals surface area contributed by atoms with E-state index in [9.17, 15) is 17.2 Å². The molecular formula is C19H29F2IN4O2S. The van der Waals surface area contributed by atoms with Gasteiger partial charge in [0.25, 0.3) is 0 Å². The van der Waals surface area contributed by atoms with Gasteiger partial charge in [0.1, 0.15) is 11.6 Å². The average Bonchev–Trinajstić information content (AvgIpc) is 3.40. The molecule has 0 amide bonds. The molecule has 3 rings (SSSR count). The maximum Gasteiger partial charge on any atom is 0.213 e. The van der Waals surface area contributed by atoms with Crippen molar-refractivity contribution in [1.82, 2.24) is 14.9 Å². The first-order chi connectivity index (χ1) is 13.4. The molecule has 1 heterocycles. The highest BCUT2D eigenvalue weighted by molar-refractivity contribution is 14.0. The summed E-state index contributed by atoms with van der Waals surface area (Å²) in [5.74, 6) is -0.503. The van der Waals surface area contributed by atoms with E-state index in [0.717, 1.165) is 0 Å². The zero-order valence-corrected chi connectivity index (χ0v) is 19.8. The van der Waals surface area contributed by atoms with E-state index in [-0.39, 0.29) is 53.3 Å². The number of halogens is 3. The van der Waals surface area contributed by atoms with E-state index in [4.69, 9.17) is 0 Å². The number of nitrogens with zero attached hydrogens (tertiary/aromatic N) is 2. The second-order valence-electron chi connectivity index (χ2n) is 7.27. The lowest BCUT2D eigenvalue weighted by Gasteiger charge is -2.32. The van der Waals surface area contributed by atoms with E-state index in [0.29, 0.717) is 44.9 Å². The van der Waals surface area contributed by atoms with E-state index in [1.807, 2.05) is 6.92 Å². The number of hydrogen-bond donors (Lipinski definition) is 2. The fourth-order valence-corrected chi connectivity index (χ4v) is 4.79. The number of hydrogen-bond acceptors (Lipinski definition) is 3. The minimum Gasteiger partial charge on any atom is -0.354 e. The molecule has 1 aliphatic carbocycles. The molecule has 1 aromatic rings. The first-order valence-electron chi connectivity index (χ1n) is 9.85.